The van der Waals surface area contributed by atoms with Crippen molar-refractivity contribution in [1.82, 2.24) is 9.38 Å². The molecule has 0 fully saturated rings. The molecule has 7 heteroatoms. The van der Waals surface area contributed by atoms with Crippen LogP contribution in [-0.2, 0) is 22.6 Å². The second-order valence-electron chi connectivity index (χ2n) is 7.80. The fourth-order valence-electron chi connectivity index (χ4n) is 3.45. The lowest BCUT2D eigenvalue weighted by molar-refractivity contribution is -0.152. The van der Waals surface area contributed by atoms with Gasteiger partial charge in [-0.05, 0) is 49.2 Å². The Morgan fingerprint density at radius 2 is 1.88 bits per heavy atom. The maximum Gasteiger partial charge on any atom is 0.347 e. The predicted octanol–water partition coefficient (Wildman–Crippen LogP) is 4.76. The van der Waals surface area contributed by atoms with Crippen LogP contribution in [0.1, 0.15) is 29.3 Å². The van der Waals surface area contributed by atoms with Crippen LogP contribution in [0.3, 0.4) is 0 Å². The number of rotatable bonds is 7. The number of carbonyl (C=O) groups is 1. The monoisotopic (exact) mass is 462 g/mol. The lowest BCUT2D eigenvalue weighted by atomic mass is 10.0. The average Bonchev–Trinajstić information content (AvgIpc) is 2.80. The van der Waals surface area contributed by atoms with Gasteiger partial charge in [-0.25, -0.2) is 9.78 Å². The van der Waals surface area contributed by atoms with Crippen LogP contribution in [0.5, 0.6) is 5.75 Å². The van der Waals surface area contributed by atoms with E-state index in [0.29, 0.717) is 28.5 Å². The number of aryl methyl sites for hydroxylation is 1. The number of benzene rings is 2. The standard InChI is InChI=1S/C26H23ClN2O4/c1-17-8-11-24-28-22(14-25(30)29(24)15-17)16-32-26(31)18(2)33-23-10-9-21(27)13-20(23)12-19-6-4-3-5-7-19/h3-11,13-15,18H,12,16H2,1-2H3. The molecule has 0 radical (unpaired) electrons. The summed E-state index contributed by atoms with van der Waals surface area (Å²) in [4.78, 5) is 29.3. The van der Waals surface area contributed by atoms with Crippen molar-refractivity contribution in [2.24, 2.45) is 0 Å². The Hall–Kier alpha value is -3.64. The van der Waals surface area contributed by atoms with E-state index < -0.39 is 12.1 Å². The summed E-state index contributed by atoms with van der Waals surface area (Å²) < 4.78 is 12.7. The minimum absolute atomic E-state index is 0.121. The summed E-state index contributed by atoms with van der Waals surface area (Å²) in [5.74, 6) is 0.00617. The molecule has 2 aromatic carbocycles. The molecule has 0 aliphatic carbocycles. The second kappa shape index (κ2) is 9.88. The minimum atomic E-state index is -0.857. The zero-order chi connectivity index (χ0) is 23.4. The van der Waals surface area contributed by atoms with E-state index in [2.05, 4.69) is 4.98 Å². The SMILES string of the molecule is Cc1ccc2nc(COC(=O)C(C)Oc3ccc(Cl)cc3Cc3ccccc3)cc(=O)n2c1. The Kier molecular flexibility index (Phi) is 6.75. The van der Waals surface area contributed by atoms with E-state index >= 15 is 0 Å². The first-order valence-corrected chi connectivity index (χ1v) is 10.9. The van der Waals surface area contributed by atoms with E-state index in [1.165, 1.54) is 10.5 Å². The quantitative estimate of drug-likeness (QED) is 0.370. The summed E-state index contributed by atoms with van der Waals surface area (Å²) in [7, 11) is 0. The molecule has 0 amide bonds. The van der Waals surface area contributed by atoms with Crippen molar-refractivity contribution in [2.75, 3.05) is 0 Å². The number of pyridine rings is 1. The van der Waals surface area contributed by atoms with Gasteiger partial charge in [-0.3, -0.25) is 9.20 Å². The highest BCUT2D eigenvalue weighted by molar-refractivity contribution is 6.30. The molecule has 168 valence electrons. The number of halogens is 1. The number of ether oxygens (including phenoxy) is 2. The van der Waals surface area contributed by atoms with Gasteiger partial charge in [0.1, 0.15) is 18.0 Å². The van der Waals surface area contributed by atoms with Crippen LogP contribution in [0.25, 0.3) is 5.65 Å². The molecule has 0 N–H and O–H groups in total. The first kappa shape index (κ1) is 22.6. The Labute approximate surface area is 196 Å². The number of esters is 1. The number of hydrogen-bond acceptors (Lipinski definition) is 5. The third kappa shape index (κ3) is 5.59. The third-order valence-corrected chi connectivity index (χ3v) is 5.35. The molecule has 4 rings (SSSR count). The molecular weight excluding hydrogens is 440 g/mol. The first-order valence-electron chi connectivity index (χ1n) is 10.5. The number of fused-ring (bicyclic) bond motifs is 1. The van der Waals surface area contributed by atoms with Crippen molar-refractivity contribution >= 4 is 23.2 Å². The minimum Gasteiger partial charge on any atom is -0.479 e. The van der Waals surface area contributed by atoms with Crippen molar-refractivity contribution in [3.63, 3.8) is 0 Å². The molecule has 0 spiro atoms. The Morgan fingerprint density at radius 1 is 1.09 bits per heavy atom. The summed E-state index contributed by atoms with van der Waals surface area (Å²) in [6.45, 7) is 3.40. The number of carbonyl (C=O) groups excluding carboxylic acids is 1. The summed E-state index contributed by atoms with van der Waals surface area (Å²) in [5.41, 5.74) is 3.56. The summed E-state index contributed by atoms with van der Waals surface area (Å²) in [6, 6.07) is 20.2. The van der Waals surface area contributed by atoms with E-state index in [1.807, 2.05) is 49.4 Å². The van der Waals surface area contributed by atoms with Gasteiger partial charge in [0.15, 0.2) is 6.10 Å². The van der Waals surface area contributed by atoms with Gasteiger partial charge >= 0.3 is 5.97 Å². The fourth-order valence-corrected chi connectivity index (χ4v) is 3.64. The highest BCUT2D eigenvalue weighted by Crippen LogP contribution is 2.26. The van der Waals surface area contributed by atoms with Gasteiger partial charge in [-0.1, -0.05) is 48.0 Å². The fraction of sp³-hybridized carbons (Fsp3) is 0.192. The van der Waals surface area contributed by atoms with Crippen molar-refractivity contribution in [2.45, 2.75) is 33.0 Å². The average molecular weight is 463 g/mol. The lowest BCUT2D eigenvalue weighted by Gasteiger charge is -2.17. The molecule has 1 unspecified atom stereocenters. The zero-order valence-electron chi connectivity index (χ0n) is 18.3. The second-order valence-corrected chi connectivity index (χ2v) is 8.24. The Bertz CT molecular complexity index is 1350. The highest BCUT2D eigenvalue weighted by atomic mass is 35.5. The van der Waals surface area contributed by atoms with Gasteiger partial charge in [-0.2, -0.15) is 0 Å². The molecule has 33 heavy (non-hydrogen) atoms. The number of hydrogen-bond donors (Lipinski definition) is 0. The largest absolute Gasteiger partial charge is 0.479 e. The topological polar surface area (TPSA) is 69.9 Å². The maximum absolute atomic E-state index is 12.6. The maximum atomic E-state index is 12.6. The molecule has 0 aliphatic rings. The normalized spacial score (nSPS) is 11.8. The van der Waals surface area contributed by atoms with E-state index in [0.717, 1.165) is 16.7 Å². The first-order chi connectivity index (χ1) is 15.9. The van der Waals surface area contributed by atoms with Crippen LogP contribution >= 0.6 is 11.6 Å². The highest BCUT2D eigenvalue weighted by Gasteiger charge is 2.19. The molecule has 1 atom stereocenters. The molecule has 0 saturated carbocycles. The Morgan fingerprint density at radius 3 is 2.67 bits per heavy atom. The van der Waals surface area contributed by atoms with Gasteiger partial charge < -0.3 is 9.47 Å². The number of nitrogens with zero attached hydrogens (tertiary/aromatic N) is 2. The smallest absolute Gasteiger partial charge is 0.347 e. The molecular formula is C26H23ClN2O4. The van der Waals surface area contributed by atoms with E-state index in [-0.39, 0.29) is 12.2 Å². The van der Waals surface area contributed by atoms with Crippen LogP contribution in [-0.4, -0.2) is 21.5 Å². The van der Waals surface area contributed by atoms with Crippen LogP contribution in [0.4, 0.5) is 0 Å². The summed E-state index contributed by atoms with van der Waals surface area (Å²) >= 11 is 6.18. The van der Waals surface area contributed by atoms with E-state index in [9.17, 15) is 9.59 Å². The molecule has 0 saturated heterocycles. The van der Waals surface area contributed by atoms with Crippen LogP contribution in [0, 0.1) is 6.92 Å². The summed E-state index contributed by atoms with van der Waals surface area (Å²) in [5, 5.41) is 0.590. The van der Waals surface area contributed by atoms with Crippen molar-refractivity contribution in [1.29, 1.82) is 0 Å². The third-order valence-electron chi connectivity index (χ3n) is 5.12. The van der Waals surface area contributed by atoms with Gasteiger partial charge in [0, 0.05) is 29.3 Å². The van der Waals surface area contributed by atoms with Crippen LogP contribution in [0.2, 0.25) is 5.02 Å². The lowest BCUT2D eigenvalue weighted by Crippen LogP contribution is -2.27. The van der Waals surface area contributed by atoms with Gasteiger partial charge in [0.2, 0.25) is 0 Å². The van der Waals surface area contributed by atoms with Gasteiger partial charge in [0.25, 0.3) is 5.56 Å². The number of aromatic nitrogens is 2. The van der Waals surface area contributed by atoms with Crippen molar-refractivity contribution in [3.8, 4) is 5.75 Å². The molecule has 2 aromatic heterocycles. The molecule has 0 bridgehead atoms. The zero-order valence-corrected chi connectivity index (χ0v) is 19.1. The van der Waals surface area contributed by atoms with Crippen molar-refractivity contribution in [3.05, 3.63) is 111 Å². The predicted molar refractivity (Wildman–Crippen MR) is 127 cm³/mol. The Balaban J connectivity index is 1.44. The molecule has 2 heterocycles. The van der Waals surface area contributed by atoms with Crippen molar-refractivity contribution < 1.29 is 14.3 Å². The molecule has 4 aromatic rings. The van der Waals surface area contributed by atoms with Gasteiger partial charge in [0.05, 0.1) is 5.69 Å². The molecule has 0 aliphatic heterocycles. The molecule has 6 nitrogen and oxygen atoms in total. The van der Waals surface area contributed by atoms with E-state index in [1.54, 1.807) is 31.3 Å². The van der Waals surface area contributed by atoms with Crippen LogP contribution in [0.15, 0.2) is 77.7 Å². The van der Waals surface area contributed by atoms with Crippen LogP contribution < -0.4 is 10.3 Å². The summed E-state index contributed by atoms with van der Waals surface area (Å²) in [6.07, 6.45) is 1.48. The van der Waals surface area contributed by atoms with Gasteiger partial charge in [-0.15, -0.1) is 0 Å². The van der Waals surface area contributed by atoms with E-state index in [4.69, 9.17) is 21.1 Å².